The molecule has 0 amide bonds. The van der Waals surface area contributed by atoms with E-state index in [2.05, 4.69) is 16.0 Å². The molecule has 130 valence electrons. The van der Waals surface area contributed by atoms with Gasteiger partial charge in [0.15, 0.2) is 0 Å². The molecule has 2 heterocycles. The Hall–Kier alpha value is -2.29. The zero-order valence-electron chi connectivity index (χ0n) is 14.1. The van der Waals surface area contributed by atoms with Crippen molar-refractivity contribution in [2.75, 3.05) is 19.6 Å². The van der Waals surface area contributed by atoms with E-state index >= 15 is 0 Å². The predicted molar refractivity (Wildman–Crippen MR) is 93.0 cm³/mol. The normalized spacial score (nSPS) is 18.4. The van der Waals surface area contributed by atoms with E-state index in [-0.39, 0.29) is 11.7 Å². The number of hydrogen-bond acceptors (Lipinski definition) is 4. The van der Waals surface area contributed by atoms with E-state index in [1.807, 2.05) is 18.2 Å². The van der Waals surface area contributed by atoms with E-state index in [0.29, 0.717) is 17.7 Å². The molecule has 2 aromatic rings. The summed E-state index contributed by atoms with van der Waals surface area (Å²) < 4.78 is 13.4. The van der Waals surface area contributed by atoms with E-state index in [1.165, 1.54) is 12.1 Å². The molecule has 0 saturated carbocycles. The van der Waals surface area contributed by atoms with Gasteiger partial charge in [-0.25, -0.2) is 4.39 Å². The summed E-state index contributed by atoms with van der Waals surface area (Å²) in [6, 6.07) is 13.7. The van der Waals surface area contributed by atoms with Crippen molar-refractivity contribution in [3.05, 3.63) is 65.7 Å². The van der Waals surface area contributed by atoms with Crippen LogP contribution in [0.15, 0.2) is 48.7 Å². The van der Waals surface area contributed by atoms with E-state index < -0.39 is 5.60 Å². The van der Waals surface area contributed by atoms with Crippen LogP contribution in [0.2, 0.25) is 0 Å². The summed E-state index contributed by atoms with van der Waals surface area (Å²) in [6.07, 6.45) is 3.80. The number of rotatable bonds is 5. The van der Waals surface area contributed by atoms with E-state index in [4.69, 9.17) is 5.26 Å². The SMILES string of the molecule is N#CCCN1CCC(C(O)(c2ccc(F)cc2)c2ccccn2)CC1. The lowest BCUT2D eigenvalue weighted by Gasteiger charge is -2.41. The number of aromatic nitrogens is 1. The molecule has 5 heteroatoms. The van der Waals surface area contributed by atoms with Gasteiger partial charge in [-0.3, -0.25) is 4.98 Å². The molecule has 0 bridgehead atoms. The maximum absolute atomic E-state index is 13.4. The molecule has 4 nitrogen and oxygen atoms in total. The monoisotopic (exact) mass is 339 g/mol. The molecule has 1 N–H and O–H groups in total. The minimum absolute atomic E-state index is 0.00815. The topological polar surface area (TPSA) is 60.2 Å². The van der Waals surface area contributed by atoms with Gasteiger partial charge in [0.25, 0.3) is 0 Å². The molecule has 0 spiro atoms. The van der Waals surface area contributed by atoms with Crippen LogP contribution in [0.3, 0.4) is 0 Å². The Balaban J connectivity index is 1.88. The Labute approximate surface area is 147 Å². The Morgan fingerprint density at radius 2 is 1.92 bits per heavy atom. The average Bonchev–Trinajstić information content (AvgIpc) is 2.67. The van der Waals surface area contributed by atoms with Crippen molar-refractivity contribution in [1.29, 1.82) is 5.26 Å². The molecule has 0 radical (unpaired) electrons. The van der Waals surface area contributed by atoms with E-state index in [1.54, 1.807) is 18.3 Å². The van der Waals surface area contributed by atoms with Crippen LogP contribution in [0.1, 0.15) is 30.5 Å². The van der Waals surface area contributed by atoms with Crippen molar-refractivity contribution in [2.45, 2.75) is 24.9 Å². The molecule has 3 rings (SSSR count). The number of nitrogens with zero attached hydrogens (tertiary/aromatic N) is 3. The summed E-state index contributed by atoms with van der Waals surface area (Å²) in [5.41, 5.74) is 0.0242. The van der Waals surface area contributed by atoms with Crippen molar-refractivity contribution in [3.63, 3.8) is 0 Å². The summed E-state index contributed by atoms with van der Waals surface area (Å²) in [4.78, 5) is 6.65. The first-order chi connectivity index (χ1) is 12.1. The largest absolute Gasteiger partial charge is 0.378 e. The van der Waals surface area contributed by atoms with Gasteiger partial charge < -0.3 is 10.0 Å². The molecule has 1 saturated heterocycles. The van der Waals surface area contributed by atoms with Gasteiger partial charge in [-0.05, 0) is 55.8 Å². The van der Waals surface area contributed by atoms with Gasteiger partial charge in [-0.1, -0.05) is 18.2 Å². The fourth-order valence-corrected chi connectivity index (χ4v) is 3.67. The maximum atomic E-state index is 13.4. The van der Waals surface area contributed by atoms with E-state index in [9.17, 15) is 9.50 Å². The fraction of sp³-hybridized carbons (Fsp3) is 0.400. The van der Waals surface area contributed by atoms with Gasteiger partial charge >= 0.3 is 0 Å². The van der Waals surface area contributed by atoms with Gasteiger partial charge in [0.05, 0.1) is 11.8 Å². The summed E-state index contributed by atoms with van der Waals surface area (Å²) in [6.45, 7) is 2.44. The number of piperidine rings is 1. The van der Waals surface area contributed by atoms with Crippen molar-refractivity contribution in [1.82, 2.24) is 9.88 Å². The highest BCUT2D eigenvalue weighted by Gasteiger charge is 2.42. The van der Waals surface area contributed by atoms with Gasteiger partial charge in [0, 0.05) is 25.1 Å². The number of likely N-dealkylation sites (tertiary alicyclic amines) is 1. The number of benzene rings is 1. The number of pyridine rings is 1. The highest BCUT2D eigenvalue weighted by molar-refractivity contribution is 5.33. The smallest absolute Gasteiger partial charge is 0.134 e. The molecule has 1 fully saturated rings. The molecule has 1 aliphatic rings. The van der Waals surface area contributed by atoms with Gasteiger partial charge in [0.2, 0.25) is 0 Å². The van der Waals surface area contributed by atoms with Crippen LogP contribution < -0.4 is 0 Å². The Kier molecular flexibility index (Phi) is 5.42. The summed E-state index contributed by atoms with van der Waals surface area (Å²) in [5.74, 6) is -0.329. The lowest BCUT2D eigenvalue weighted by atomic mass is 9.74. The van der Waals surface area contributed by atoms with Crippen molar-refractivity contribution in [3.8, 4) is 6.07 Å². The van der Waals surface area contributed by atoms with Gasteiger partial charge in [-0.2, -0.15) is 5.26 Å². The molecule has 1 unspecified atom stereocenters. The zero-order valence-corrected chi connectivity index (χ0v) is 14.1. The fourth-order valence-electron chi connectivity index (χ4n) is 3.67. The Morgan fingerprint density at radius 3 is 2.52 bits per heavy atom. The van der Waals surface area contributed by atoms with E-state index in [0.717, 1.165) is 32.5 Å². The van der Waals surface area contributed by atoms with Crippen LogP contribution in [0, 0.1) is 23.1 Å². The minimum Gasteiger partial charge on any atom is -0.378 e. The van der Waals surface area contributed by atoms with Crippen molar-refractivity contribution >= 4 is 0 Å². The molecule has 1 atom stereocenters. The van der Waals surface area contributed by atoms with Crippen LogP contribution in [0.4, 0.5) is 4.39 Å². The van der Waals surface area contributed by atoms with Gasteiger partial charge in [0.1, 0.15) is 11.4 Å². The highest BCUT2D eigenvalue weighted by atomic mass is 19.1. The van der Waals surface area contributed by atoms with Crippen LogP contribution in [0.5, 0.6) is 0 Å². The molecule has 1 aliphatic heterocycles. The third kappa shape index (κ3) is 3.71. The first kappa shape index (κ1) is 17.5. The summed E-state index contributed by atoms with van der Waals surface area (Å²) in [5, 5.41) is 20.4. The van der Waals surface area contributed by atoms with Crippen LogP contribution >= 0.6 is 0 Å². The molecule has 25 heavy (non-hydrogen) atoms. The second-order valence-corrected chi connectivity index (χ2v) is 6.51. The number of hydrogen-bond donors (Lipinski definition) is 1. The number of aliphatic hydroxyl groups is 1. The Morgan fingerprint density at radius 1 is 1.20 bits per heavy atom. The highest BCUT2D eigenvalue weighted by Crippen LogP contribution is 2.41. The molecule has 0 aliphatic carbocycles. The molecule has 1 aromatic carbocycles. The summed E-state index contributed by atoms with van der Waals surface area (Å²) in [7, 11) is 0. The lowest BCUT2D eigenvalue weighted by Crippen LogP contribution is -2.44. The third-order valence-corrected chi connectivity index (χ3v) is 5.06. The third-order valence-electron chi connectivity index (χ3n) is 5.06. The lowest BCUT2D eigenvalue weighted by molar-refractivity contribution is -0.0172. The standard InChI is InChI=1S/C20H22FN3O/c21-18-7-5-16(6-8-18)20(25,19-4-1-2-12-23-19)17-9-14-24(15-10-17)13-3-11-22/h1-2,4-8,12,17,25H,3,9-10,13-15H2. The minimum atomic E-state index is -1.24. The van der Waals surface area contributed by atoms with Crippen molar-refractivity contribution < 1.29 is 9.50 Å². The molecule has 1 aromatic heterocycles. The molecular formula is C20H22FN3O. The number of halogens is 1. The second kappa shape index (κ2) is 7.73. The number of nitriles is 1. The maximum Gasteiger partial charge on any atom is 0.134 e. The quantitative estimate of drug-likeness (QED) is 0.909. The summed E-state index contributed by atoms with van der Waals surface area (Å²) >= 11 is 0. The van der Waals surface area contributed by atoms with Crippen LogP contribution in [-0.2, 0) is 5.60 Å². The first-order valence-electron chi connectivity index (χ1n) is 8.64. The van der Waals surface area contributed by atoms with Crippen molar-refractivity contribution in [2.24, 2.45) is 5.92 Å². The Bertz CT molecular complexity index is 721. The zero-order chi connectivity index (χ0) is 17.7. The molecular weight excluding hydrogens is 317 g/mol. The van der Waals surface area contributed by atoms with Gasteiger partial charge in [-0.15, -0.1) is 0 Å². The predicted octanol–water partition coefficient (Wildman–Crippen LogP) is 3.08. The van der Waals surface area contributed by atoms with Crippen LogP contribution in [0.25, 0.3) is 0 Å². The average molecular weight is 339 g/mol. The second-order valence-electron chi connectivity index (χ2n) is 6.51. The first-order valence-corrected chi connectivity index (χ1v) is 8.64. The van der Waals surface area contributed by atoms with Crippen LogP contribution in [-0.4, -0.2) is 34.6 Å².